The predicted octanol–water partition coefficient (Wildman–Crippen LogP) is 3.50. The van der Waals surface area contributed by atoms with Gasteiger partial charge in [-0.25, -0.2) is 0 Å². The molecule has 20 heavy (non-hydrogen) atoms. The Labute approximate surface area is 121 Å². The fourth-order valence-electron chi connectivity index (χ4n) is 2.89. The Bertz CT molecular complexity index is 526. The zero-order valence-corrected chi connectivity index (χ0v) is 13.1. The monoisotopic (exact) mass is 275 g/mol. The molecule has 1 aliphatic heterocycles. The fraction of sp³-hybridized carbons (Fsp3) is 0.588. The number of fused-ring (bicyclic) bond motifs is 1. The van der Waals surface area contributed by atoms with E-state index in [0.717, 1.165) is 17.7 Å². The van der Waals surface area contributed by atoms with Crippen molar-refractivity contribution >= 4 is 5.91 Å². The van der Waals surface area contributed by atoms with Crippen molar-refractivity contribution in [3.05, 3.63) is 29.3 Å². The standard InChI is InChI=1S/C17H25NO2/c1-16(2,3)12-6-7-14-13(9-12)11(8-15(18)19)10-17(4,5)20-14/h6-7,9,11H,8,10H2,1-5H3,(H2,18,19). The molecule has 3 nitrogen and oxygen atoms in total. The Morgan fingerprint density at radius 1 is 1.40 bits per heavy atom. The van der Waals surface area contributed by atoms with Gasteiger partial charge in [0, 0.05) is 12.3 Å². The first kappa shape index (κ1) is 14.9. The maximum atomic E-state index is 11.4. The third-order valence-corrected chi connectivity index (χ3v) is 3.89. The highest BCUT2D eigenvalue weighted by Crippen LogP contribution is 2.43. The summed E-state index contributed by atoms with van der Waals surface area (Å²) >= 11 is 0. The van der Waals surface area contributed by atoms with E-state index >= 15 is 0 Å². The van der Waals surface area contributed by atoms with Crippen molar-refractivity contribution in [1.82, 2.24) is 0 Å². The maximum absolute atomic E-state index is 11.4. The molecule has 1 atom stereocenters. The predicted molar refractivity (Wildman–Crippen MR) is 81.0 cm³/mol. The summed E-state index contributed by atoms with van der Waals surface area (Å²) in [5.41, 5.74) is 7.62. The molecule has 1 aromatic rings. The summed E-state index contributed by atoms with van der Waals surface area (Å²) in [6, 6.07) is 6.32. The van der Waals surface area contributed by atoms with Gasteiger partial charge < -0.3 is 10.5 Å². The van der Waals surface area contributed by atoms with E-state index in [2.05, 4.69) is 46.8 Å². The van der Waals surface area contributed by atoms with Crippen LogP contribution in [0.5, 0.6) is 5.75 Å². The van der Waals surface area contributed by atoms with Crippen molar-refractivity contribution in [3.8, 4) is 5.75 Å². The van der Waals surface area contributed by atoms with Gasteiger partial charge in [0.2, 0.25) is 5.91 Å². The number of primary amides is 1. The highest BCUT2D eigenvalue weighted by molar-refractivity contribution is 5.75. The zero-order chi connectivity index (χ0) is 15.1. The molecule has 2 N–H and O–H groups in total. The second-order valence-electron chi connectivity index (χ2n) is 7.44. The van der Waals surface area contributed by atoms with Crippen LogP contribution >= 0.6 is 0 Å². The van der Waals surface area contributed by atoms with E-state index in [1.54, 1.807) is 0 Å². The van der Waals surface area contributed by atoms with Gasteiger partial charge in [-0.15, -0.1) is 0 Å². The summed E-state index contributed by atoms with van der Waals surface area (Å²) in [6.45, 7) is 10.7. The number of hydrogen-bond acceptors (Lipinski definition) is 2. The lowest BCUT2D eigenvalue weighted by Crippen LogP contribution is -2.36. The molecule has 0 spiro atoms. The Morgan fingerprint density at radius 3 is 2.60 bits per heavy atom. The van der Waals surface area contributed by atoms with Gasteiger partial charge >= 0.3 is 0 Å². The summed E-state index contributed by atoms with van der Waals surface area (Å²) in [5.74, 6) is 0.786. The van der Waals surface area contributed by atoms with Crippen LogP contribution in [-0.2, 0) is 10.2 Å². The summed E-state index contributed by atoms with van der Waals surface area (Å²) in [7, 11) is 0. The first-order valence-electron chi connectivity index (χ1n) is 7.20. The van der Waals surface area contributed by atoms with Gasteiger partial charge in [-0.3, -0.25) is 4.79 Å². The maximum Gasteiger partial charge on any atom is 0.218 e. The number of rotatable bonds is 2. The summed E-state index contributed by atoms with van der Waals surface area (Å²) in [5, 5.41) is 0. The quantitative estimate of drug-likeness (QED) is 0.898. The summed E-state index contributed by atoms with van der Waals surface area (Å²) in [6.07, 6.45) is 1.20. The van der Waals surface area contributed by atoms with Gasteiger partial charge in [0.15, 0.2) is 0 Å². The Kier molecular flexibility index (Phi) is 3.57. The molecule has 2 rings (SSSR count). The molecule has 1 aromatic carbocycles. The average Bonchev–Trinajstić information content (AvgIpc) is 2.24. The van der Waals surface area contributed by atoms with E-state index in [9.17, 15) is 4.79 Å². The molecular formula is C17H25NO2. The van der Waals surface area contributed by atoms with Gasteiger partial charge in [0.1, 0.15) is 11.4 Å². The van der Waals surface area contributed by atoms with E-state index in [1.807, 2.05) is 6.07 Å². The Hall–Kier alpha value is -1.51. The fourth-order valence-corrected chi connectivity index (χ4v) is 2.89. The van der Waals surface area contributed by atoms with Crippen LogP contribution in [0.25, 0.3) is 0 Å². The van der Waals surface area contributed by atoms with Crippen molar-refractivity contribution in [1.29, 1.82) is 0 Å². The van der Waals surface area contributed by atoms with Gasteiger partial charge in [-0.05, 0) is 42.9 Å². The number of nitrogens with two attached hydrogens (primary N) is 1. The Balaban J connectivity index is 2.46. The van der Waals surface area contributed by atoms with Crippen LogP contribution in [0.15, 0.2) is 18.2 Å². The first-order chi connectivity index (χ1) is 9.08. The lowest BCUT2D eigenvalue weighted by atomic mass is 9.79. The van der Waals surface area contributed by atoms with Crippen molar-refractivity contribution in [2.45, 2.75) is 64.4 Å². The third-order valence-electron chi connectivity index (χ3n) is 3.89. The summed E-state index contributed by atoms with van der Waals surface area (Å²) in [4.78, 5) is 11.4. The molecule has 0 aliphatic carbocycles. The van der Waals surface area contributed by atoms with Gasteiger partial charge in [0.05, 0.1) is 0 Å². The minimum Gasteiger partial charge on any atom is -0.488 e. The van der Waals surface area contributed by atoms with Crippen LogP contribution < -0.4 is 10.5 Å². The molecule has 0 fully saturated rings. The van der Waals surface area contributed by atoms with Crippen LogP contribution in [0.1, 0.15) is 64.5 Å². The minimum absolute atomic E-state index is 0.0826. The van der Waals surface area contributed by atoms with Crippen LogP contribution in [0.2, 0.25) is 0 Å². The van der Waals surface area contributed by atoms with Crippen molar-refractivity contribution in [2.75, 3.05) is 0 Å². The molecule has 3 heteroatoms. The number of ether oxygens (including phenoxy) is 1. The minimum atomic E-state index is -0.254. The molecule has 1 heterocycles. The molecule has 0 aromatic heterocycles. The van der Waals surface area contributed by atoms with Crippen molar-refractivity contribution in [2.24, 2.45) is 5.73 Å². The van der Waals surface area contributed by atoms with Crippen LogP contribution in [0.4, 0.5) is 0 Å². The van der Waals surface area contributed by atoms with Gasteiger partial charge in [-0.2, -0.15) is 0 Å². The number of benzene rings is 1. The number of amides is 1. The van der Waals surface area contributed by atoms with E-state index < -0.39 is 0 Å². The highest BCUT2D eigenvalue weighted by Gasteiger charge is 2.35. The second kappa shape index (κ2) is 4.80. The SMILES string of the molecule is CC1(C)CC(CC(N)=O)c2cc(C(C)(C)C)ccc2O1. The third kappa shape index (κ3) is 3.14. The number of carbonyl (C=O) groups is 1. The zero-order valence-electron chi connectivity index (χ0n) is 13.1. The molecule has 0 saturated carbocycles. The van der Waals surface area contributed by atoms with E-state index in [1.165, 1.54) is 5.56 Å². The number of hydrogen-bond donors (Lipinski definition) is 1. The normalized spacial score (nSPS) is 20.9. The van der Waals surface area contributed by atoms with Crippen molar-refractivity contribution < 1.29 is 9.53 Å². The van der Waals surface area contributed by atoms with Gasteiger partial charge in [-0.1, -0.05) is 32.9 Å². The van der Waals surface area contributed by atoms with E-state index in [4.69, 9.17) is 10.5 Å². The van der Waals surface area contributed by atoms with E-state index in [-0.39, 0.29) is 22.8 Å². The molecular weight excluding hydrogens is 250 g/mol. The van der Waals surface area contributed by atoms with Crippen LogP contribution in [-0.4, -0.2) is 11.5 Å². The number of carbonyl (C=O) groups excluding carboxylic acids is 1. The van der Waals surface area contributed by atoms with Crippen LogP contribution in [0.3, 0.4) is 0 Å². The first-order valence-corrected chi connectivity index (χ1v) is 7.20. The molecule has 1 aliphatic rings. The average molecular weight is 275 g/mol. The smallest absolute Gasteiger partial charge is 0.218 e. The Morgan fingerprint density at radius 2 is 2.05 bits per heavy atom. The molecule has 1 unspecified atom stereocenters. The molecule has 0 bridgehead atoms. The largest absolute Gasteiger partial charge is 0.488 e. The highest BCUT2D eigenvalue weighted by atomic mass is 16.5. The second-order valence-corrected chi connectivity index (χ2v) is 7.44. The molecule has 0 radical (unpaired) electrons. The molecule has 0 saturated heterocycles. The van der Waals surface area contributed by atoms with Crippen molar-refractivity contribution in [3.63, 3.8) is 0 Å². The topological polar surface area (TPSA) is 52.3 Å². The molecule has 1 amide bonds. The molecule has 110 valence electrons. The van der Waals surface area contributed by atoms with Crippen LogP contribution in [0, 0.1) is 0 Å². The van der Waals surface area contributed by atoms with Gasteiger partial charge in [0.25, 0.3) is 0 Å². The summed E-state index contributed by atoms with van der Waals surface area (Å²) < 4.78 is 6.05. The van der Waals surface area contributed by atoms with E-state index in [0.29, 0.717) is 6.42 Å². The lowest BCUT2D eigenvalue weighted by Gasteiger charge is -2.38. The lowest BCUT2D eigenvalue weighted by molar-refractivity contribution is -0.118.